The third kappa shape index (κ3) is 4.55. The summed E-state index contributed by atoms with van der Waals surface area (Å²) in [6, 6.07) is 0. The van der Waals surface area contributed by atoms with Gasteiger partial charge >= 0.3 is 0 Å². The van der Waals surface area contributed by atoms with Crippen molar-refractivity contribution in [2.45, 2.75) is 71.8 Å². The van der Waals surface area contributed by atoms with Crippen LogP contribution in [0.5, 0.6) is 0 Å². The van der Waals surface area contributed by atoms with Crippen LogP contribution in [0.25, 0.3) is 0 Å². The van der Waals surface area contributed by atoms with Crippen LogP contribution in [0.1, 0.15) is 66.2 Å². The maximum absolute atomic E-state index is 12.2. The predicted molar refractivity (Wildman–Crippen MR) is 88.5 cm³/mol. The van der Waals surface area contributed by atoms with E-state index in [4.69, 9.17) is 0 Å². The highest BCUT2D eigenvalue weighted by atomic mass is 16.2. The Hall–Kier alpha value is -1.39. The van der Waals surface area contributed by atoms with Crippen molar-refractivity contribution >= 4 is 17.7 Å². The Labute approximate surface area is 139 Å². The van der Waals surface area contributed by atoms with Crippen molar-refractivity contribution < 1.29 is 14.4 Å². The number of nitrogens with one attached hydrogen (secondary N) is 1. The zero-order valence-corrected chi connectivity index (χ0v) is 14.9. The molecule has 5 nitrogen and oxygen atoms in total. The molecule has 130 valence electrons. The van der Waals surface area contributed by atoms with Crippen LogP contribution < -0.4 is 5.32 Å². The van der Waals surface area contributed by atoms with Gasteiger partial charge in [-0.25, -0.2) is 0 Å². The second-order valence-electron chi connectivity index (χ2n) is 8.11. The lowest BCUT2D eigenvalue weighted by atomic mass is 9.81. The first-order chi connectivity index (χ1) is 10.7. The average molecular weight is 322 g/mol. The van der Waals surface area contributed by atoms with Crippen LogP contribution in [0.4, 0.5) is 0 Å². The molecule has 5 heteroatoms. The molecule has 0 aromatic heterocycles. The summed E-state index contributed by atoms with van der Waals surface area (Å²) in [5, 5.41) is 3.05. The van der Waals surface area contributed by atoms with E-state index in [1.54, 1.807) is 0 Å². The molecule has 1 N–H and O–H groups in total. The maximum Gasteiger partial charge on any atom is 0.232 e. The summed E-state index contributed by atoms with van der Waals surface area (Å²) in [5.41, 5.74) is -0.197. The quantitative estimate of drug-likeness (QED) is 0.809. The molecule has 2 aliphatic rings. The van der Waals surface area contributed by atoms with E-state index in [1.807, 2.05) is 27.7 Å². The molecular weight excluding hydrogens is 292 g/mol. The first kappa shape index (κ1) is 18.0. The Kier molecular flexibility index (Phi) is 5.48. The van der Waals surface area contributed by atoms with Gasteiger partial charge in [-0.3, -0.25) is 19.3 Å². The fourth-order valence-corrected chi connectivity index (χ4v) is 3.60. The Morgan fingerprint density at radius 3 is 2.26 bits per heavy atom. The molecule has 1 heterocycles. The summed E-state index contributed by atoms with van der Waals surface area (Å²) in [6.45, 7) is 8.47. The van der Waals surface area contributed by atoms with E-state index in [-0.39, 0.29) is 35.1 Å². The van der Waals surface area contributed by atoms with Gasteiger partial charge in [-0.05, 0) is 58.8 Å². The Bertz CT molecular complexity index is 473. The van der Waals surface area contributed by atoms with Crippen molar-refractivity contribution in [1.29, 1.82) is 0 Å². The lowest BCUT2D eigenvalue weighted by molar-refractivity contribution is -0.140. The highest BCUT2D eigenvalue weighted by Crippen LogP contribution is 2.32. The van der Waals surface area contributed by atoms with Crippen molar-refractivity contribution in [3.05, 3.63) is 0 Å². The molecule has 0 radical (unpaired) electrons. The first-order valence-electron chi connectivity index (χ1n) is 8.87. The topological polar surface area (TPSA) is 66.5 Å². The van der Waals surface area contributed by atoms with Gasteiger partial charge in [0.15, 0.2) is 0 Å². The maximum atomic E-state index is 12.2. The summed E-state index contributed by atoms with van der Waals surface area (Å²) in [4.78, 5) is 37.9. The second kappa shape index (κ2) is 7.02. The number of hydrogen-bond donors (Lipinski definition) is 1. The fourth-order valence-electron chi connectivity index (χ4n) is 3.60. The normalized spacial score (nSPS) is 29.0. The lowest BCUT2D eigenvalue weighted by Crippen LogP contribution is -2.45. The smallest absolute Gasteiger partial charge is 0.232 e. The van der Waals surface area contributed by atoms with Gasteiger partial charge in [0.1, 0.15) is 0 Å². The molecule has 3 amide bonds. The number of imide groups is 1. The molecule has 1 aliphatic carbocycles. The molecule has 2 fully saturated rings. The van der Waals surface area contributed by atoms with E-state index in [0.29, 0.717) is 18.9 Å². The minimum Gasteiger partial charge on any atom is -0.351 e. The molecule has 1 unspecified atom stereocenters. The van der Waals surface area contributed by atoms with Crippen molar-refractivity contribution in [2.75, 3.05) is 6.54 Å². The van der Waals surface area contributed by atoms with Crippen LogP contribution >= 0.6 is 0 Å². The Morgan fingerprint density at radius 1 is 1.17 bits per heavy atom. The van der Waals surface area contributed by atoms with Crippen LogP contribution in [0, 0.1) is 17.8 Å². The molecular formula is C18H30N2O3. The van der Waals surface area contributed by atoms with E-state index in [1.165, 1.54) is 4.90 Å². The van der Waals surface area contributed by atoms with Crippen molar-refractivity contribution in [3.8, 4) is 0 Å². The molecule has 0 bridgehead atoms. The fraction of sp³-hybridized carbons (Fsp3) is 0.833. The molecule has 1 saturated carbocycles. The molecule has 0 spiro atoms. The van der Waals surface area contributed by atoms with Gasteiger partial charge in [0, 0.05) is 30.3 Å². The lowest BCUT2D eigenvalue weighted by Gasteiger charge is -2.32. The minimum absolute atomic E-state index is 0.00472. The summed E-state index contributed by atoms with van der Waals surface area (Å²) in [7, 11) is 0. The van der Waals surface area contributed by atoms with Crippen molar-refractivity contribution in [3.63, 3.8) is 0 Å². The molecule has 1 atom stereocenters. The predicted octanol–water partition coefficient (Wildman–Crippen LogP) is 2.49. The number of likely N-dealkylation sites (tertiary alicyclic amines) is 1. The van der Waals surface area contributed by atoms with E-state index < -0.39 is 0 Å². The van der Waals surface area contributed by atoms with Crippen molar-refractivity contribution in [2.24, 2.45) is 17.8 Å². The average Bonchev–Trinajstić information content (AvgIpc) is 2.73. The number of nitrogens with zero attached hydrogens (tertiary/aromatic N) is 1. The molecule has 1 aliphatic heterocycles. The third-order valence-corrected chi connectivity index (χ3v) is 4.99. The highest BCUT2D eigenvalue weighted by molar-refractivity contribution is 6.03. The van der Waals surface area contributed by atoms with Crippen LogP contribution in [0.3, 0.4) is 0 Å². The third-order valence-electron chi connectivity index (χ3n) is 4.99. The van der Waals surface area contributed by atoms with Crippen LogP contribution in [-0.4, -0.2) is 34.7 Å². The van der Waals surface area contributed by atoms with Gasteiger partial charge in [0.05, 0.1) is 0 Å². The molecule has 0 aromatic carbocycles. The number of carbonyl (C=O) groups is 3. The van der Waals surface area contributed by atoms with Crippen LogP contribution in [-0.2, 0) is 14.4 Å². The Balaban J connectivity index is 1.82. The van der Waals surface area contributed by atoms with Gasteiger partial charge in [-0.2, -0.15) is 0 Å². The van der Waals surface area contributed by atoms with Crippen LogP contribution in [0.2, 0.25) is 0 Å². The van der Waals surface area contributed by atoms with Gasteiger partial charge in [-0.15, -0.1) is 0 Å². The number of amides is 3. The van der Waals surface area contributed by atoms with Gasteiger partial charge < -0.3 is 5.32 Å². The molecule has 2 rings (SSSR count). The summed E-state index contributed by atoms with van der Waals surface area (Å²) in [6.07, 6.45) is 4.63. The van der Waals surface area contributed by atoms with E-state index >= 15 is 0 Å². The van der Waals surface area contributed by atoms with E-state index in [0.717, 1.165) is 32.1 Å². The molecule has 23 heavy (non-hydrogen) atoms. The number of rotatable bonds is 4. The monoisotopic (exact) mass is 322 g/mol. The standard InChI is InChI=1S/C18H30N2O3/c1-5-13-10-15(21)20(17(13)23)11-12-6-8-14(9-7-12)16(22)19-18(2,3)4/h12-14H,5-11H2,1-4H3,(H,19,22). The second-order valence-corrected chi connectivity index (χ2v) is 8.11. The van der Waals surface area contributed by atoms with Crippen LogP contribution in [0.15, 0.2) is 0 Å². The van der Waals surface area contributed by atoms with Gasteiger partial charge in [-0.1, -0.05) is 6.92 Å². The zero-order valence-electron chi connectivity index (χ0n) is 14.9. The number of hydrogen-bond acceptors (Lipinski definition) is 3. The largest absolute Gasteiger partial charge is 0.351 e. The zero-order chi connectivity index (χ0) is 17.2. The molecule has 1 saturated heterocycles. The summed E-state index contributed by atoms with van der Waals surface area (Å²) >= 11 is 0. The SMILES string of the molecule is CCC1CC(=O)N(CC2CCC(C(=O)NC(C)(C)C)CC2)C1=O. The van der Waals surface area contributed by atoms with Gasteiger partial charge in [0.2, 0.25) is 17.7 Å². The number of carbonyl (C=O) groups excluding carboxylic acids is 3. The van der Waals surface area contributed by atoms with E-state index in [2.05, 4.69) is 5.32 Å². The minimum atomic E-state index is -0.197. The Morgan fingerprint density at radius 2 is 1.78 bits per heavy atom. The summed E-state index contributed by atoms with van der Waals surface area (Å²) < 4.78 is 0. The van der Waals surface area contributed by atoms with Crippen molar-refractivity contribution in [1.82, 2.24) is 10.2 Å². The van der Waals surface area contributed by atoms with Gasteiger partial charge in [0.25, 0.3) is 0 Å². The highest BCUT2D eigenvalue weighted by Gasteiger charge is 2.39. The molecule has 0 aromatic rings. The van der Waals surface area contributed by atoms with E-state index in [9.17, 15) is 14.4 Å². The summed E-state index contributed by atoms with van der Waals surface area (Å²) in [5.74, 6) is 0.419. The first-order valence-corrected chi connectivity index (χ1v) is 8.87.